The van der Waals surface area contributed by atoms with E-state index in [0.29, 0.717) is 43.4 Å². The second kappa shape index (κ2) is 91.1. The topological polar surface area (TPSA) is 336 Å². The number of rotatable bonds is 30. The monoisotopic (exact) mass is 1750 g/mol. The number of ketones is 9. The zero-order valence-corrected chi connectivity index (χ0v) is 84.3. The minimum absolute atomic E-state index is 0. The van der Waals surface area contributed by atoms with Crippen molar-refractivity contribution in [1.82, 2.24) is 4.90 Å². The summed E-state index contributed by atoms with van der Waals surface area (Å²) in [6, 6.07) is 1.84. The van der Waals surface area contributed by atoms with Crippen LogP contribution in [0.1, 0.15) is 310 Å². The van der Waals surface area contributed by atoms with E-state index in [1.807, 2.05) is 204 Å². The first-order valence-corrected chi connectivity index (χ1v) is 45.7. The van der Waals surface area contributed by atoms with Gasteiger partial charge in [-0.15, -0.1) is 11.6 Å². The van der Waals surface area contributed by atoms with Crippen LogP contribution in [0.3, 0.4) is 0 Å². The summed E-state index contributed by atoms with van der Waals surface area (Å²) in [5.41, 5.74) is 1.09. The molecule has 0 aromatic carbocycles. The Hall–Kier alpha value is -6.70. The second-order valence-corrected chi connectivity index (χ2v) is 38.4. The molecule has 0 aliphatic carbocycles. The summed E-state index contributed by atoms with van der Waals surface area (Å²) in [4.78, 5) is 119. The number of esters is 2. The number of halogens is 1. The van der Waals surface area contributed by atoms with Gasteiger partial charge in [0.25, 0.3) is 0 Å². The van der Waals surface area contributed by atoms with Gasteiger partial charge in [-0.25, -0.2) is 25.3 Å². The quantitative estimate of drug-likeness (QED) is 0.0161. The zero-order chi connectivity index (χ0) is 96.8. The number of hydrogen-bond donors (Lipinski definition) is 0. The first kappa shape index (κ1) is 146. The highest BCUT2D eigenvalue weighted by Gasteiger charge is 2.16. The molecule has 1 atom stereocenters. The van der Waals surface area contributed by atoms with Crippen LogP contribution in [0.2, 0.25) is 0 Å². The number of carbonyl (C=O) groups excluding carboxylic acids is 11. The van der Waals surface area contributed by atoms with E-state index >= 15 is 0 Å². The van der Waals surface area contributed by atoms with Crippen LogP contribution in [0.15, 0.2) is 83.1 Å². The van der Waals surface area contributed by atoms with Gasteiger partial charge in [0.05, 0.1) is 51.7 Å². The zero-order valence-electron chi connectivity index (χ0n) is 81.1. The lowest BCUT2D eigenvalue weighted by Crippen LogP contribution is -2.16. The van der Waals surface area contributed by atoms with Crippen molar-refractivity contribution in [3.63, 3.8) is 0 Å². The van der Waals surface area contributed by atoms with Crippen molar-refractivity contribution >= 4 is 105 Å². The third-order valence-corrected chi connectivity index (χ3v) is 19.4. The Bertz CT molecular complexity index is 3240. The number of ether oxygens (including phenoxy) is 2. The fourth-order valence-electron chi connectivity index (χ4n) is 5.60. The minimum Gasteiger partial charge on any atom is -0.465 e. The number of alkyl halides is 1. The maximum Gasteiger partial charge on any atom is 0.308 e. The molecule has 0 N–H and O–H groups in total. The van der Waals surface area contributed by atoms with Gasteiger partial charge in [0.2, 0.25) is 5.78 Å². The lowest BCUT2D eigenvalue weighted by atomic mass is 9.99. The Labute approximate surface area is 729 Å². The number of allylic oxidation sites excluding steroid dienone is 8. The molecule has 0 bridgehead atoms. The predicted octanol–water partition coefficient (Wildman–Crippen LogP) is 21.6. The Morgan fingerprint density at radius 3 is 0.881 bits per heavy atom. The Morgan fingerprint density at radius 1 is 0.458 bits per heavy atom. The smallest absolute Gasteiger partial charge is 0.308 e. The summed E-state index contributed by atoms with van der Waals surface area (Å²) >= 11 is 5.47. The van der Waals surface area contributed by atoms with E-state index in [9.17, 15) is 78.0 Å². The molecule has 0 spiro atoms. The molecule has 118 heavy (non-hydrogen) atoms. The summed E-state index contributed by atoms with van der Waals surface area (Å²) in [5.74, 6) is 7.36. The van der Waals surface area contributed by atoms with Gasteiger partial charge in [-0.05, 0) is 141 Å². The van der Waals surface area contributed by atoms with Crippen LogP contribution in [-0.2, 0) is 91.7 Å². The highest BCUT2D eigenvalue weighted by atomic mass is 35.5. The molecule has 0 saturated carbocycles. The lowest BCUT2D eigenvalue weighted by Gasteiger charge is -2.05. The second-order valence-electron chi connectivity index (χ2n) is 30.5. The van der Waals surface area contributed by atoms with Gasteiger partial charge in [-0.2, -0.15) is 5.26 Å². The number of nitriles is 1. The largest absolute Gasteiger partial charge is 0.465 e. The van der Waals surface area contributed by atoms with Gasteiger partial charge in [-0.1, -0.05) is 236 Å². The molecule has 0 aliphatic rings. The first-order chi connectivity index (χ1) is 53.0. The molecule has 0 aliphatic heterocycles. The molecule has 25 heteroatoms. The summed E-state index contributed by atoms with van der Waals surface area (Å²) in [5, 5.41) is 10.7. The molecule has 0 aromatic rings. The van der Waals surface area contributed by atoms with Crippen molar-refractivity contribution in [3.05, 3.63) is 83.1 Å². The predicted molar refractivity (Wildman–Crippen MR) is 501 cm³/mol. The van der Waals surface area contributed by atoms with E-state index in [1.165, 1.54) is 29.9 Å². The Kier molecular flexibility index (Phi) is 113. The van der Waals surface area contributed by atoms with E-state index in [4.69, 9.17) is 26.3 Å². The average Bonchev–Trinajstić information content (AvgIpc) is 0.897. The third-order valence-electron chi connectivity index (χ3n) is 13.3. The SMILES string of the molecule is C.C/C=C(\C#N)C(=O)C(C)C.C/C=C/C(=O)C(C)C.C/C=C/S(=O)(=O)C(C)C.C=CC(=O)C(C)C.C=CS(=O)(=O)C(C)C.CC#CC(C)=O.CC(C)=CS(=O)(=O)C(C)C.CC(C)C(=O)/C=C/CN(C)C.CC(C)C(=O)C(C)C.CC(C)C(=O)C(C)Cl.CCC(=O)C(C)C.CCC(=O)C(C)C.CCCOC(=O)C(C)C.CCCOC(=O)C(C)C. The molecule has 0 saturated heterocycles. The molecular weight excluding hydrogens is 1580 g/mol. The molecule has 0 rings (SSSR count). The fourth-order valence-corrected chi connectivity index (χ4v) is 7.86. The molecule has 0 amide bonds. The number of hydrogen-bond acceptors (Lipinski definition) is 21. The van der Waals surface area contributed by atoms with Crippen LogP contribution in [-0.4, -0.2) is 149 Å². The van der Waals surface area contributed by atoms with E-state index in [1.54, 1.807) is 121 Å². The lowest BCUT2D eigenvalue weighted by molar-refractivity contribution is -0.148. The van der Waals surface area contributed by atoms with Crippen LogP contribution < -0.4 is 0 Å². The van der Waals surface area contributed by atoms with E-state index in [0.717, 1.165) is 30.4 Å². The van der Waals surface area contributed by atoms with Crippen LogP contribution in [0.4, 0.5) is 0 Å². The number of sulfone groups is 3. The first-order valence-electron chi connectivity index (χ1n) is 40.4. The Morgan fingerprint density at radius 2 is 0.788 bits per heavy atom. The van der Waals surface area contributed by atoms with Gasteiger partial charge >= 0.3 is 11.9 Å². The van der Waals surface area contributed by atoms with Crippen LogP contribution in [0.25, 0.3) is 0 Å². The van der Waals surface area contributed by atoms with Crippen molar-refractivity contribution in [2.24, 2.45) is 65.1 Å². The number of likely N-dealkylation sites (N-methyl/N-ethyl adjacent to an activating group) is 1. The number of carbonyl (C=O) groups is 11. The third kappa shape index (κ3) is 116. The van der Waals surface area contributed by atoms with Crippen molar-refractivity contribution in [1.29, 1.82) is 5.26 Å². The molecule has 0 radical (unpaired) electrons. The van der Waals surface area contributed by atoms with E-state index in [-0.39, 0.29) is 146 Å². The van der Waals surface area contributed by atoms with Crippen LogP contribution in [0.5, 0.6) is 0 Å². The fraction of sp³-hybridized carbons (Fsp3) is 0.699. The highest BCUT2D eigenvalue weighted by Crippen LogP contribution is 2.09. The van der Waals surface area contributed by atoms with Crippen LogP contribution >= 0.6 is 11.6 Å². The van der Waals surface area contributed by atoms with Crippen molar-refractivity contribution in [2.75, 3.05) is 33.9 Å². The van der Waals surface area contributed by atoms with E-state index < -0.39 is 29.5 Å². The summed E-state index contributed by atoms with van der Waals surface area (Å²) in [7, 11) is -4.91. The maximum atomic E-state index is 11.1. The van der Waals surface area contributed by atoms with Crippen LogP contribution in [0, 0.1) is 88.3 Å². The standard InChI is InChI=1S/C9H17NO.C8H11NO.C7H14O2S.2C7H14O2.C7H14O.C7H12O.C6H11ClO.C6H12O2S.2C6H12O.C6H10O.C5H10O2S.C5H6O.CH4/c1-8(2)9(11)6-5-7-10(3)4;1-4-7(5-9)8(10)6(2)3;1-6(2)5-10(8,9)7(3)4;2*1-4-5-9-7(8)6(2)3;1-5(2)7(8)6(3)4;1-4-5-7(8)6(2)3;1-4(2)6(8)5(3)7;1-4-5-9(7,8)6(2)3;3*1-4-6(7)5(2)3;1-4-8(6,7)5(2)3;1-3-4-5(2)6;/h5-6,8H,7H2,1-4H3;4,6H,1-3H3;5,7H,1-4H3;2*6H,4-5H2,1-3H3;5-6H,1-4H3;4-6H,1-3H3;4-5H,1-3H3;4-6H,1-3H3;2*5H,4H2,1-3H3;4-5H,1H2,2-3H3;4-5H,1H2,2-3H3;1-2H3;1H4/b6-5+;7-4+;;;;;5-4+;;5-4+;;;;;;. The average molecular weight is 1760 g/mol. The van der Waals surface area contributed by atoms with Gasteiger partial charge < -0.3 is 14.4 Å². The molecule has 0 fully saturated rings. The molecule has 694 valence electrons. The highest BCUT2D eigenvalue weighted by molar-refractivity contribution is 7.95. The van der Waals surface area contributed by atoms with Gasteiger partial charge in [0.15, 0.2) is 58.4 Å². The number of nitrogens with zero attached hydrogens (tertiary/aromatic N) is 2. The molecule has 1 unspecified atom stereocenters. The summed E-state index contributed by atoms with van der Waals surface area (Å²) in [6.45, 7) is 81.0. The minimum atomic E-state index is -2.97. The van der Waals surface area contributed by atoms with Gasteiger partial charge in [-0.3, -0.25) is 52.7 Å². The molecule has 21 nitrogen and oxygen atoms in total. The van der Waals surface area contributed by atoms with Gasteiger partial charge in [0, 0.05) is 95.8 Å². The molecule has 0 heterocycles. The van der Waals surface area contributed by atoms with Gasteiger partial charge in [0.1, 0.15) is 23.4 Å². The van der Waals surface area contributed by atoms with E-state index in [2.05, 4.69) is 25.0 Å². The molecular formula is C93H173ClN2O19S3. The Balaban J connectivity index is -0.0000000746. The maximum absolute atomic E-state index is 11.1. The summed E-state index contributed by atoms with van der Waals surface area (Å²) in [6.07, 6.45) is 14.5. The van der Waals surface area contributed by atoms with Crippen molar-refractivity contribution in [3.8, 4) is 17.9 Å². The number of Topliss-reactive ketones (excluding diaryl/α,β-unsaturated/α-hetero) is 6. The normalized spacial score (nSPS) is 10.8. The van der Waals surface area contributed by atoms with Crippen molar-refractivity contribution < 1.29 is 87.5 Å². The summed E-state index contributed by atoms with van der Waals surface area (Å²) < 4.78 is 74.6. The van der Waals surface area contributed by atoms with Crippen molar-refractivity contribution in [2.45, 2.75) is 331 Å². The molecule has 0 aromatic heterocycles.